The third-order valence-electron chi connectivity index (χ3n) is 12.7. The predicted molar refractivity (Wildman–Crippen MR) is 143 cm³/mol. The topological polar surface area (TPSA) is 61.2 Å². The maximum Gasteiger partial charge on any atom is 0.178 e. The summed E-state index contributed by atoms with van der Waals surface area (Å²) >= 11 is 0. The number of nitriles is 1. The van der Waals surface area contributed by atoms with Gasteiger partial charge in [0.2, 0.25) is 0 Å². The number of carbonyl (C=O) groups is 2. The van der Waals surface area contributed by atoms with Crippen LogP contribution in [0, 0.1) is 56.2 Å². The monoisotopic (exact) mass is 490 g/mol. The van der Waals surface area contributed by atoms with E-state index in [1.54, 1.807) is 0 Å². The van der Waals surface area contributed by atoms with Crippen LogP contribution in [0.5, 0.6) is 0 Å². The second-order valence-electron chi connectivity index (χ2n) is 15.3. The van der Waals surface area contributed by atoms with Crippen LogP contribution in [0.2, 0.25) is 0 Å². The van der Waals surface area contributed by atoms with Gasteiger partial charge in [0.25, 0.3) is 0 Å². The van der Waals surface area contributed by atoms with E-state index in [0.717, 1.165) is 38.5 Å². The van der Waals surface area contributed by atoms with Gasteiger partial charge in [-0.15, -0.1) is 0 Å². The van der Waals surface area contributed by atoms with Crippen LogP contribution in [0.4, 0.5) is 0 Å². The lowest BCUT2D eigenvalue weighted by atomic mass is 9.35. The van der Waals surface area contributed by atoms with Gasteiger partial charge < -0.3 is 4.90 Å². The number of hydrogen-bond acceptors (Lipinski definition) is 4. The molecule has 7 atom stereocenters. The Kier molecular flexibility index (Phi) is 5.35. The van der Waals surface area contributed by atoms with Crippen molar-refractivity contribution in [3.63, 3.8) is 0 Å². The van der Waals surface area contributed by atoms with E-state index in [1.807, 2.05) is 26.0 Å². The molecule has 0 spiro atoms. The lowest BCUT2D eigenvalue weighted by Gasteiger charge is -2.70. The minimum atomic E-state index is -0.614. The third-order valence-corrected chi connectivity index (χ3v) is 12.7. The molecule has 0 N–H and O–H groups in total. The Hall–Kier alpha value is -1.73. The highest BCUT2D eigenvalue weighted by atomic mass is 16.1. The summed E-state index contributed by atoms with van der Waals surface area (Å²) in [6, 6.07) is 2.21. The van der Waals surface area contributed by atoms with Crippen molar-refractivity contribution in [3.8, 4) is 6.07 Å². The lowest BCUT2D eigenvalue weighted by molar-refractivity contribution is -0.173. The molecule has 0 aromatic carbocycles. The summed E-state index contributed by atoms with van der Waals surface area (Å²) in [5, 5.41) is 9.88. The second-order valence-corrected chi connectivity index (χ2v) is 15.3. The molecular weight excluding hydrogens is 444 g/mol. The highest BCUT2D eigenvalue weighted by Crippen LogP contribution is 2.73. The van der Waals surface area contributed by atoms with Gasteiger partial charge in [-0.25, -0.2) is 0 Å². The molecule has 0 heterocycles. The molecule has 3 fully saturated rings. The minimum absolute atomic E-state index is 0.0137. The number of fused-ring (bicyclic) bond motifs is 7. The van der Waals surface area contributed by atoms with Gasteiger partial charge in [-0.05, 0) is 93.2 Å². The zero-order valence-corrected chi connectivity index (χ0v) is 24.0. The molecule has 0 radical (unpaired) electrons. The zero-order valence-electron chi connectivity index (χ0n) is 24.0. The van der Waals surface area contributed by atoms with Crippen molar-refractivity contribution in [2.75, 3.05) is 14.1 Å². The van der Waals surface area contributed by atoms with Crippen molar-refractivity contribution in [3.05, 3.63) is 23.3 Å². The first kappa shape index (κ1) is 25.9. The Morgan fingerprint density at radius 3 is 2.19 bits per heavy atom. The van der Waals surface area contributed by atoms with Gasteiger partial charge in [0.1, 0.15) is 6.07 Å². The number of hydrogen-bond donors (Lipinski definition) is 0. The van der Waals surface area contributed by atoms with Crippen LogP contribution in [0.3, 0.4) is 0 Å². The van der Waals surface area contributed by atoms with Gasteiger partial charge in [0.05, 0.1) is 5.57 Å². The van der Waals surface area contributed by atoms with E-state index in [4.69, 9.17) is 0 Å². The first-order valence-corrected chi connectivity index (χ1v) is 14.1. The maximum atomic E-state index is 14.4. The van der Waals surface area contributed by atoms with E-state index < -0.39 is 10.8 Å². The Balaban J connectivity index is 1.70. The van der Waals surface area contributed by atoms with Crippen molar-refractivity contribution in [1.82, 2.24) is 4.90 Å². The second kappa shape index (κ2) is 7.43. The first-order chi connectivity index (χ1) is 16.5. The summed E-state index contributed by atoms with van der Waals surface area (Å²) in [7, 11) is 4.46. The molecule has 3 saturated carbocycles. The van der Waals surface area contributed by atoms with E-state index in [1.165, 1.54) is 12.0 Å². The van der Waals surface area contributed by atoms with Crippen LogP contribution in [-0.4, -0.2) is 36.1 Å². The number of Topliss-reactive ketones (excluding diaryl/α,β-unsaturated/α-hetero) is 1. The maximum absolute atomic E-state index is 14.4. The fourth-order valence-corrected chi connectivity index (χ4v) is 10.4. The molecule has 0 bridgehead atoms. The highest BCUT2D eigenvalue weighted by molar-refractivity contribution is 6.04. The Morgan fingerprint density at radius 2 is 1.58 bits per heavy atom. The number of carbonyl (C=O) groups excluding carboxylic acids is 2. The quantitative estimate of drug-likeness (QED) is 0.420. The molecule has 4 heteroatoms. The molecule has 5 aliphatic carbocycles. The van der Waals surface area contributed by atoms with Gasteiger partial charge in [-0.2, -0.15) is 5.26 Å². The number of nitrogens with zero attached hydrogens (tertiary/aromatic N) is 2. The molecule has 5 rings (SSSR count). The van der Waals surface area contributed by atoms with E-state index >= 15 is 0 Å². The molecule has 4 nitrogen and oxygen atoms in total. The van der Waals surface area contributed by atoms with E-state index in [9.17, 15) is 14.9 Å². The largest absolute Gasteiger partial charge is 0.303 e. The number of ketones is 2. The van der Waals surface area contributed by atoms with Crippen LogP contribution in [-0.2, 0) is 9.59 Å². The lowest BCUT2D eigenvalue weighted by Crippen LogP contribution is -2.68. The number of rotatable bonds is 1. The van der Waals surface area contributed by atoms with Crippen molar-refractivity contribution >= 4 is 11.6 Å². The van der Waals surface area contributed by atoms with Crippen molar-refractivity contribution in [2.24, 2.45) is 44.8 Å². The molecule has 0 saturated heterocycles. The third kappa shape index (κ3) is 2.96. The summed E-state index contributed by atoms with van der Waals surface area (Å²) in [6.45, 7) is 15.8. The summed E-state index contributed by atoms with van der Waals surface area (Å²) in [5.74, 6) is 0.708. The molecule has 196 valence electrons. The molecule has 5 aliphatic rings. The summed E-state index contributed by atoms with van der Waals surface area (Å²) in [4.78, 5) is 30.1. The molecule has 0 aromatic rings. The fraction of sp³-hybridized carbons (Fsp3) is 0.781. The van der Waals surface area contributed by atoms with Crippen LogP contribution in [0.1, 0.15) is 93.4 Å². The smallest absolute Gasteiger partial charge is 0.178 e. The zero-order chi connectivity index (χ0) is 26.7. The van der Waals surface area contributed by atoms with E-state index in [0.29, 0.717) is 11.7 Å². The Labute approximate surface area is 218 Å². The SMILES string of the molecule is CN(C)[C@@]12CCC(C)(C)C[C@@H]1[C@H]1C(=O)C=C3[C@]4(C)C=C(C#N)C(=O)C(C)(C)[C@@H]4CC[C@]3(C)[C@]1(C)CC2. The number of allylic oxidation sites excluding steroid dienone is 4. The molecule has 0 aromatic heterocycles. The first-order valence-electron chi connectivity index (χ1n) is 14.1. The molecular formula is C32H46N2O2. The molecule has 36 heavy (non-hydrogen) atoms. The molecule has 0 unspecified atom stereocenters. The summed E-state index contributed by atoms with van der Waals surface area (Å²) < 4.78 is 0. The highest BCUT2D eigenvalue weighted by Gasteiger charge is 2.70. The normalized spacial score (nSPS) is 47.0. The van der Waals surface area contributed by atoms with E-state index in [2.05, 4.69) is 59.7 Å². The van der Waals surface area contributed by atoms with E-state index in [-0.39, 0.29) is 45.0 Å². The van der Waals surface area contributed by atoms with Crippen molar-refractivity contribution in [2.45, 2.75) is 99.0 Å². The molecule has 0 aliphatic heterocycles. The van der Waals surface area contributed by atoms with Crippen molar-refractivity contribution in [1.29, 1.82) is 5.26 Å². The van der Waals surface area contributed by atoms with Crippen LogP contribution >= 0.6 is 0 Å². The van der Waals surface area contributed by atoms with Gasteiger partial charge in [0.15, 0.2) is 11.6 Å². The fourth-order valence-electron chi connectivity index (χ4n) is 10.4. The van der Waals surface area contributed by atoms with Gasteiger partial charge in [-0.1, -0.05) is 60.1 Å². The summed E-state index contributed by atoms with van der Waals surface area (Å²) in [6.07, 6.45) is 11.6. The van der Waals surface area contributed by atoms with Crippen LogP contribution < -0.4 is 0 Å². The van der Waals surface area contributed by atoms with Gasteiger partial charge >= 0.3 is 0 Å². The standard InChI is InChI=1S/C32H46N2O2/c1-27(2)12-14-32(34(8)9)15-13-31(7)25(21(32)18-27)22(35)16-24-29(5)17-20(19-33)26(36)28(3,4)23(29)10-11-30(24,31)6/h16-17,21,23,25H,10-15,18H2,1-9H3/t21-,23+,25+,29-,30+,31-,32-/m1/s1. The average molecular weight is 491 g/mol. The Bertz CT molecular complexity index is 1140. The van der Waals surface area contributed by atoms with Gasteiger partial charge in [-0.3, -0.25) is 9.59 Å². The summed E-state index contributed by atoms with van der Waals surface area (Å²) in [5.41, 5.74) is 0.458. The minimum Gasteiger partial charge on any atom is -0.303 e. The van der Waals surface area contributed by atoms with Crippen LogP contribution in [0.25, 0.3) is 0 Å². The van der Waals surface area contributed by atoms with Crippen LogP contribution in [0.15, 0.2) is 23.3 Å². The Morgan fingerprint density at radius 1 is 0.944 bits per heavy atom. The van der Waals surface area contributed by atoms with Crippen molar-refractivity contribution < 1.29 is 9.59 Å². The average Bonchev–Trinajstić information content (AvgIpc) is 2.77. The van der Waals surface area contributed by atoms with Gasteiger partial charge in [0, 0.05) is 22.3 Å². The predicted octanol–water partition coefficient (Wildman–Crippen LogP) is 6.52. The molecule has 0 amide bonds.